The number of ether oxygens (including phenoxy) is 3. The van der Waals surface area contributed by atoms with Crippen molar-refractivity contribution in [3.05, 3.63) is 73.5 Å². The van der Waals surface area contributed by atoms with Crippen LogP contribution in [-0.2, 0) is 36.8 Å². The van der Waals surface area contributed by atoms with Crippen LogP contribution in [0.2, 0.25) is 5.02 Å². The third kappa shape index (κ3) is 5.85. The lowest BCUT2D eigenvalue weighted by atomic mass is 9.80. The highest BCUT2D eigenvalue weighted by Crippen LogP contribution is 2.41. The lowest BCUT2D eigenvalue weighted by molar-refractivity contribution is -0.139. The highest BCUT2D eigenvalue weighted by molar-refractivity contribution is 7.09. The Morgan fingerprint density at radius 1 is 1.21 bits per heavy atom. The van der Waals surface area contributed by atoms with Gasteiger partial charge in [0.1, 0.15) is 5.01 Å². The summed E-state index contributed by atoms with van der Waals surface area (Å²) >= 11 is 8.00. The fourth-order valence-corrected chi connectivity index (χ4v) is 4.79. The molecule has 0 spiro atoms. The first-order chi connectivity index (χ1) is 16.4. The Labute approximate surface area is 207 Å². The number of benzene rings is 1. The maximum Gasteiger partial charge on any atom is 0.336 e. The van der Waals surface area contributed by atoms with Crippen molar-refractivity contribution in [3.8, 4) is 0 Å². The number of nitrogens with two attached hydrogens (primary N) is 1. The van der Waals surface area contributed by atoms with Gasteiger partial charge in [-0.05, 0) is 32.0 Å². The molecule has 8 nitrogen and oxygen atoms in total. The van der Waals surface area contributed by atoms with Gasteiger partial charge in [0.05, 0.1) is 55.4 Å². The molecule has 1 unspecified atom stereocenters. The van der Waals surface area contributed by atoms with Gasteiger partial charge in [-0.15, -0.1) is 11.3 Å². The molecule has 1 atom stereocenters. The molecule has 1 aliphatic rings. The number of thiazole rings is 1. The minimum atomic E-state index is -0.781. The molecule has 1 aromatic heterocycles. The molecule has 182 valence electrons. The maximum atomic E-state index is 13.2. The van der Waals surface area contributed by atoms with Gasteiger partial charge in [0.25, 0.3) is 0 Å². The summed E-state index contributed by atoms with van der Waals surface area (Å²) in [7, 11) is 1.30. The van der Waals surface area contributed by atoms with E-state index in [-0.39, 0.29) is 31.0 Å². The second-order valence-corrected chi connectivity index (χ2v) is 8.84. The predicted molar refractivity (Wildman–Crippen MR) is 130 cm³/mol. The number of allylic oxidation sites excluding steroid dienone is 1. The van der Waals surface area contributed by atoms with E-state index in [0.29, 0.717) is 34.9 Å². The van der Waals surface area contributed by atoms with E-state index in [0.717, 1.165) is 10.7 Å². The van der Waals surface area contributed by atoms with Crippen molar-refractivity contribution >= 4 is 34.9 Å². The zero-order valence-corrected chi connectivity index (χ0v) is 20.9. The van der Waals surface area contributed by atoms with Crippen molar-refractivity contribution in [3.63, 3.8) is 0 Å². The fourth-order valence-electron chi connectivity index (χ4n) is 3.78. The number of hydrogen-bond donors (Lipinski definition) is 2. The van der Waals surface area contributed by atoms with Crippen LogP contribution in [0.5, 0.6) is 0 Å². The van der Waals surface area contributed by atoms with Crippen LogP contribution in [0.1, 0.15) is 36.0 Å². The van der Waals surface area contributed by atoms with Crippen LogP contribution in [0, 0.1) is 0 Å². The van der Waals surface area contributed by atoms with E-state index in [1.54, 1.807) is 38.1 Å². The van der Waals surface area contributed by atoms with Crippen LogP contribution in [0.25, 0.3) is 0 Å². The number of methoxy groups -OCH3 is 1. The van der Waals surface area contributed by atoms with Crippen LogP contribution < -0.4 is 11.1 Å². The zero-order chi connectivity index (χ0) is 24.7. The molecule has 1 aliphatic heterocycles. The molecule has 0 aliphatic carbocycles. The van der Waals surface area contributed by atoms with E-state index in [9.17, 15) is 9.59 Å². The number of aromatic nitrogens is 1. The summed E-state index contributed by atoms with van der Waals surface area (Å²) < 4.78 is 16.3. The van der Waals surface area contributed by atoms with Crippen molar-refractivity contribution in [2.75, 3.05) is 26.9 Å². The largest absolute Gasteiger partial charge is 0.466 e. The molecule has 2 heterocycles. The minimum absolute atomic E-state index is 0.0761. The summed E-state index contributed by atoms with van der Waals surface area (Å²) in [5.41, 5.74) is 8.69. The van der Waals surface area contributed by atoms with Crippen molar-refractivity contribution in [2.24, 2.45) is 5.73 Å². The summed E-state index contributed by atoms with van der Waals surface area (Å²) in [4.78, 5) is 30.4. The standard InChI is InChI=1S/C24H28ClN3O5S/c1-4-33-24(30)22-18(11-32-12-19-28-15(9-10-26)13-34-19)27-14(2)20(23(29)31-3)21(22)16-7-5-6-8-17(16)25/h5-8,13,21,27H,4,9-12,26H2,1-3H3. The van der Waals surface area contributed by atoms with E-state index >= 15 is 0 Å². The van der Waals surface area contributed by atoms with Gasteiger partial charge in [-0.25, -0.2) is 14.6 Å². The Morgan fingerprint density at radius 2 is 1.97 bits per heavy atom. The van der Waals surface area contributed by atoms with Crippen LogP contribution in [0.4, 0.5) is 0 Å². The highest BCUT2D eigenvalue weighted by atomic mass is 35.5. The number of carbonyl (C=O) groups excluding carboxylic acids is 2. The first kappa shape index (κ1) is 25.9. The van der Waals surface area contributed by atoms with Crippen molar-refractivity contribution in [1.29, 1.82) is 0 Å². The lowest BCUT2D eigenvalue weighted by Crippen LogP contribution is -2.34. The quantitative estimate of drug-likeness (QED) is 0.472. The van der Waals surface area contributed by atoms with Crippen LogP contribution in [-0.4, -0.2) is 43.8 Å². The summed E-state index contributed by atoms with van der Waals surface area (Å²) in [6, 6.07) is 7.07. The number of carbonyl (C=O) groups is 2. The Hall–Kier alpha value is -2.72. The number of nitrogens with one attached hydrogen (secondary N) is 1. The third-order valence-corrected chi connectivity index (χ3v) is 6.45. The third-order valence-electron chi connectivity index (χ3n) is 5.23. The second-order valence-electron chi connectivity index (χ2n) is 7.49. The summed E-state index contributed by atoms with van der Waals surface area (Å²) in [6.07, 6.45) is 0.704. The Morgan fingerprint density at radius 3 is 2.65 bits per heavy atom. The van der Waals surface area contributed by atoms with E-state index in [1.807, 2.05) is 5.38 Å². The summed E-state index contributed by atoms with van der Waals surface area (Å²) in [5, 5.41) is 6.34. The van der Waals surface area contributed by atoms with Gasteiger partial charge in [-0.3, -0.25) is 0 Å². The van der Waals surface area contributed by atoms with E-state index in [2.05, 4.69) is 10.3 Å². The first-order valence-corrected chi connectivity index (χ1v) is 12.1. The van der Waals surface area contributed by atoms with Gasteiger partial charge in [-0.1, -0.05) is 29.8 Å². The molecule has 3 N–H and O–H groups in total. The molecule has 0 fully saturated rings. The van der Waals surface area contributed by atoms with Gasteiger partial charge < -0.3 is 25.3 Å². The van der Waals surface area contributed by atoms with Crippen molar-refractivity contribution in [1.82, 2.24) is 10.3 Å². The number of halogens is 1. The Kier molecular flexibility index (Phi) is 9.23. The molecular formula is C24H28ClN3O5S. The molecular weight excluding hydrogens is 478 g/mol. The Balaban J connectivity index is 1.99. The van der Waals surface area contributed by atoms with Crippen molar-refractivity contribution in [2.45, 2.75) is 32.8 Å². The number of nitrogens with zero attached hydrogens (tertiary/aromatic N) is 1. The highest BCUT2D eigenvalue weighted by Gasteiger charge is 2.39. The Bertz CT molecular complexity index is 1110. The molecule has 0 saturated carbocycles. The van der Waals surface area contributed by atoms with Crippen molar-refractivity contribution < 1.29 is 23.8 Å². The molecule has 0 saturated heterocycles. The van der Waals surface area contributed by atoms with Crippen LogP contribution in [0.3, 0.4) is 0 Å². The molecule has 0 radical (unpaired) electrons. The van der Waals surface area contributed by atoms with Gasteiger partial charge in [0, 0.05) is 22.5 Å². The average molecular weight is 506 g/mol. The summed E-state index contributed by atoms with van der Waals surface area (Å²) in [6.45, 7) is 4.51. The molecule has 1 aromatic carbocycles. The van der Waals surface area contributed by atoms with Gasteiger partial charge in [-0.2, -0.15) is 0 Å². The monoisotopic (exact) mass is 505 g/mol. The zero-order valence-electron chi connectivity index (χ0n) is 19.4. The minimum Gasteiger partial charge on any atom is -0.466 e. The SMILES string of the molecule is CCOC(=O)C1=C(COCc2nc(CCN)cs2)NC(C)=C(C(=O)OC)C1c1ccccc1Cl. The van der Waals surface area contributed by atoms with E-state index < -0.39 is 17.9 Å². The maximum absolute atomic E-state index is 13.2. The summed E-state index contributed by atoms with van der Waals surface area (Å²) in [5.74, 6) is -1.91. The second kappa shape index (κ2) is 12.1. The first-order valence-electron chi connectivity index (χ1n) is 10.8. The normalized spacial score (nSPS) is 15.9. The molecule has 0 amide bonds. The topological polar surface area (TPSA) is 113 Å². The van der Waals surface area contributed by atoms with Gasteiger partial charge in [0.2, 0.25) is 0 Å². The average Bonchev–Trinajstić information content (AvgIpc) is 3.26. The number of dihydropyridines is 1. The van der Waals surface area contributed by atoms with Gasteiger partial charge >= 0.3 is 11.9 Å². The number of esters is 2. The van der Waals surface area contributed by atoms with E-state index in [1.165, 1.54) is 18.4 Å². The molecule has 2 aromatic rings. The smallest absolute Gasteiger partial charge is 0.336 e. The van der Waals surface area contributed by atoms with Crippen LogP contribution >= 0.6 is 22.9 Å². The predicted octanol–water partition coefficient (Wildman–Crippen LogP) is 3.47. The van der Waals surface area contributed by atoms with Gasteiger partial charge in [0.15, 0.2) is 0 Å². The molecule has 34 heavy (non-hydrogen) atoms. The van der Waals surface area contributed by atoms with Crippen LogP contribution in [0.15, 0.2) is 52.2 Å². The number of hydrogen-bond acceptors (Lipinski definition) is 9. The molecule has 0 bridgehead atoms. The number of rotatable bonds is 10. The van der Waals surface area contributed by atoms with E-state index in [4.69, 9.17) is 31.5 Å². The lowest BCUT2D eigenvalue weighted by Gasteiger charge is -2.31. The molecule has 10 heteroatoms. The fraction of sp³-hybridized carbons (Fsp3) is 0.375. The molecule has 3 rings (SSSR count).